The van der Waals surface area contributed by atoms with Crippen molar-refractivity contribution in [3.05, 3.63) is 29.8 Å². The lowest BCUT2D eigenvalue weighted by Crippen LogP contribution is -2.18. The van der Waals surface area contributed by atoms with Gasteiger partial charge in [0.25, 0.3) is 0 Å². The number of methoxy groups -OCH3 is 1. The van der Waals surface area contributed by atoms with Gasteiger partial charge in [-0.05, 0) is 30.5 Å². The summed E-state index contributed by atoms with van der Waals surface area (Å²) in [5.41, 5.74) is 1.32. The van der Waals surface area contributed by atoms with Crippen LogP contribution >= 0.6 is 11.8 Å². The zero-order chi connectivity index (χ0) is 13.3. The van der Waals surface area contributed by atoms with Crippen molar-refractivity contribution in [3.8, 4) is 0 Å². The first kappa shape index (κ1) is 14.9. The number of ether oxygens (including phenoxy) is 2. The fraction of sp³-hybridized carbons (Fsp3) is 0.600. The molecular weight excluding hydrogens is 258 g/mol. The third-order valence-corrected chi connectivity index (χ3v) is 4.34. The second kappa shape index (κ2) is 8.59. The van der Waals surface area contributed by atoms with Gasteiger partial charge in [-0.3, -0.25) is 0 Å². The van der Waals surface area contributed by atoms with Crippen LogP contribution in [0.4, 0.5) is 0 Å². The van der Waals surface area contributed by atoms with Gasteiger partial charge in [-0.1, -0.05) is 12.1 Å². The maximum absolute atomic E-state index is 5.63. The number of hydrogen-bond acceptors (Lipinski definition) is 4. The van der Waals surface area contributed by atoms with E-state index in [-0.39, 0.29) is 0 Å². The van der Waals surface area contributed by atoms with E-state index >= 15 is 0 Å². The lowest BCUT2D eigenvalue weighted by molar-refractivity contribution is 0.129. The topological polar surface area (TPSA) is 30.5 Å². The van der Waals surface area contributed by atoms with E-state index < -0.39 is 0 Å². The molecule has 0 bridgehead atoms. The van der Waals surface area contributed by atoms with Gasteiger partial charge in [0.05, 0.1) is 12.7 Å². The average molecular weight is 281 g/mol. The zero-order valence-corrected chi connectivity index (χ0v) is 12.4. The van der Waals surface area contributed by atoms with Crippen LogP contribution in [0.1, 0.15) is 18.4 Å². The summed E-state index contributed by atoms with van der Waals surface area (Å²) in [7, 11) is 1.72. The zero-order valence-electron chi connectivity index (χ0n) is 11.6. The highest BCUT2D eigenvalue weighted by Gasteiger charge is 2.15. The Morgan fingerprint density at radius 3 is 2.89 bits per heavy atom. The number of thioether (sulfide) groups is 1. The molecule has 1 aliphatic heterocycles. The molecule has 1 fully saturated rings. The van der Waals surface area contributed by atoms with Crippen LogP contribution in [0.3, 0.4) is 0 Å². The Morgan fingerprint density at radius 1 is 1.37 bits per heavy atom. The van der Waals surface area contributed by atoms with E-state index in [1.807, 2.05) is 11.8 Å². The fourth-order valence-electron chi connectivity index (χ4n) is 2.08. The Bertz CT molecular complexity index is 350. The van der Waals surface area contributed by atoms with Gasteiger partial charge in [0.2, 0.25) is 0 Å². The van der Waals surface area contributed by atoms with Crippen molar-refractivity contribution in [1.29, 1.82) is 0 Å². The molecule has 1 N–H and O–H groups in total. The van der Waals surface area contributed by atoms with E-state index in [0.717, 1.165) is 32.1 Å². The van der Waals surface area contributed by atoms with Crippen molar-refractivity contribution in [2.45, 2.75) is 30.4 Å². The lowest BCUT2D eigenvalue weighted by Gasteiger charge is -2.09. The number of hydrogen-bond donors (Lipinski definition) is 1. The van der Waals surface area contributed by atoms with Crippen LogP contribution in [-0.4, -0.2) is 38.7 Å². The molecule has 2 rings (SSSR count). The third-order valence-electron chi connectivity index (χ3n) is 3.20. The lowest BCUT2D eigenvalue weighted by atomic mass is 10.2. The Labute approximate surface area is 120 Å². The molecular formula is C15H23NO2S. The summed E-state index contributed by atoms with van der Waals surface area (Å²) in [5, 5.41) is 3.35. The van der Waals surface area contributed by atoms with Crippen molar-refractivity contribution < 1.29 is 9.47 Å². The van der Waals surface area contributed by atoms with E-state index in [4.69, 9.17) is 9.47 Å². The number of benzene rings is 1. The van der Waals surface area contributed by atoms with Crippen LogP contribution in [0, 0.1) is 0 Å². The van der Waals surface area contributed by atoms with Crippen molar-refractivity contribution >= 4 is 11.8 Å². The molecule has 19 heavy (non-hydrogen) atoms. The monoisotopic (exact) mass is 281 g/mol. The van der Waals surface area contributed by atoms with E-state index in [1.165, 1.54) is 23.3 Å². The molecule has 1 aromatic rings. The molecule has 3 nitrogen and oxygen atoms in total. The van der Waals surface area contributed by atoms with Gasteiger partial charge in [-0.2, -0.15) is 0 Å². The van der Waals surface area contributed by atoms with Gasteiger partial charge in [0, 0.05) is 37.5 Å². The highest BCUT2D eigenvalue weighted by molar-refractivity contribution is 7.99. The molecule has 1 atom stereocenters. The van der Waals surface area contributed by atoms with Crippen molar-refractivity contribution in [2.75, 3.05) is 32.6 Å². The Kier molecular flexibility index (Phi) is 6.71. The van der Waals surface area contributed by atoms with Gasteiger partial charge < -0.3 is 14.8 Å². The van der Waals surface area contributed by atoms with Gasteiger partial charge in [0.1, 0.15) is 0 Å². The van der Waals surface area contributed by atoms with Crippen molar-refractivity contribution in [1.82, 2.24) is 5.32 Å². The highest BCUT2D eigenvalue weighted by Crippen LogP contribution is 2.23. The summed E-state index contributed by atoms with van der Waals surface area (Å²) in [4.78, 5) is 1.33. The maximum atomic E-state index is 5.63. The van der Waals surface area contributed by atoms with Gasteiger partial charge in [-0.25, -0.2) is 0 Å². The van der Waals surface area contributed by atoms with E-state index in [9.17, 15) is 0 Å². The Hall–Kier alpha value is -0.550. The van der Waals surface area contributed by atoms with Crippen LogP contribution < -0.4 is 5.32 Å². The van der Waals surface area contributed by atoms with Crippen molar-refractivity contribution in [3.63, 3.8) is 0 Å². The van der Waals surface area contributed by atoms with E-state index in [2.05, 4.69) is 29.6 Å². The molecule has 1 saturated heterocycles. The Balaban J connectivity index is 1.68. The SMILES string of the molecule is COCCNCc1ccc(SCC2CCCO2)cc1. The molecule has 0 spiro atoms. The first-order valence-electron chi connectivity index (χ1n) is 6.91. The Morgan fingerprint density at radius 2 is 2.21 bits per heavy atom. The summed E-state index contributed by atoms with van der Waals surface area (Å²) < 4.78 is 10.6. The second-order valence-electron chi connectivity index (χ2n) is 4.76. The molecule has 0 saturated carbocycles. The van der Waals surface area contributed by atoms with E-state index in [0.29, 0.717) is 6.10 Å². The minimum Gasteiger partial charge on any atom is -0.383 e. The summed E-state index contributed by atoms with van der Waals surface area (Å²) in [6.45, 7) is 3.50. The molecule has 0 aromatic heterocycles. The quantitative estimate of drug-likeness (QED) is 0.586. The van der Waals surface area contributed by atoms with Crippen LogP contribution in [0.5, 0.6) is 0 Å². The number of nitrogens with one attached hydrogen (secondary N) is 1. The summed E-state index contributed by atoms with van der Waals surface area (Å²) in [6.07, 6.45) is 2.90. The van der Waals surface area contributed by atoms with Gasteiger partial charge in [-0.15, -0.1) is 11.8 Å². The summed E-state index contributed by atoms with van der Waals surface area (Å²) >= 11 is 1.89. The van der Waals surface area contributed by atoms with Crippen LogP contribution in [0.25, 0.3) is 0 Å². The fourth-order valence-corrected chi connectivity index (χ4v) is 3.05. The predicted molar refractivity (Wildman–Crippen MR) is 79.7 cm³/mol. The normalized spacial score (nSPS) is 18.9. The molecule has 4 heteroatoms. The minimum atomic E-state index is 0.459. The molecule has 1 heterocycles. The number of rotatable bonds is 8. The molecule has 1 unspecified atom stereocenters. The standard InChI is InChI=1S/C15H23NO2S/c1-17-10-8-16-11-13-4-6-15(7-5-13)19-12-14-3-2-9-18-14/h4-7,14,16H,2-3,8-12H2,1H3. The van der Waals surface area contributed by atoms with Crippen LogP contribution in [0.2, 0.25) is 0 Å². The smallest absolute Gasteiger partial charge is 0.0669 e. The molecule has 0 aliphatic carbocycles. The molecule has 106 valence electrons. The third kappa shape index (κ3) is 5.53. The molecule has 1 aliphatic rings. The molecule has 1 aromatic carbocycles. The first-order valence-corrected chi connectivity index (χ1v) is 7.90. The second-order valence-corrected chi connectivity index (χ2v) is 5.85. The van der Waals surface area contributed by atoms with Gasteiger partial charge in [0.15, 0.2) is 0 Å². The largest absolute Gasteiger partial charge is 0.383 e. The first-order chi connectivity index (χ1) is 9.38. The molecule has 0 radical (unpaired) electrons. The van der Waals surface area contributed by atoms with Crippen LogP contribution in [-0.2, 0) is 16.0 Å². The molecule has 0 amide bonds. The van der Waals surface area contributed by atoms with Gasteiger partial charge >= 0.3 is 0 Å². The predicted octanol–water partition coefficient (Wildman–Crippen LogP) is 2.69. The van der Waals surface area contributed by atoms with E-state index in [1.54, 1.807) is 7.11 Å². The van der Waals surface area contributed by atoms with Crippen molar-refractivity contribution in [2.24, 2.45) is 0 Å². The maximum Gasteiger partial charge on any atom is 0.0669 e. The summed E-state index contributed by atoms with van der Waals surface area (Å²) in [5.74, 6) is 1.07. The summed E-state index contributed by atoms with van der Waals surface area (Å²) in [6, 6.07) is 8.79. The average Bonchev–Trinajstić information content (AvgIpc) is 2.96. The highest BCUT2D eigenvalue weighted by atomic mass is 32.2. The van der Waals surface area contributed by atoms with Crippen LogP contribution in [0.15, 0.2) is 29.2 Å². The minimum absolute atomic E-state index is 0.459.